The predicted molar refractivity (Wildman–Crippen MR) is 102 cm³/mol. The Hall–Kier alpha value is -2.74. The van der Waals surface area contributed by atoms with Crippen molar-refractivity contribution in [3.05, 3.63) is 51.3 Å². The number of fused-ring (bicyclic) bond motifs is 2. The predicted octanol–water partition coefficient (Wildman–Crippen LogP) is 1.31. The third-order valence-electron chi connectivity index (χ3n) is 5.38. The topological polar surface area (TPSA) is 82.4 Å². The highest BCUT2D eigenvalue weighted by Gasteiger charge is 2.27. The van der Waals surface area contributed by atoms with Crippen molar-refractivity contribution in [3.63, 3.8) is 0 Å². The zero-order valence-electron chi connectivity index (χ0n) is 15.6. The second kappa shape index (κ2) is 6.16. The van der Waals surface area contributed by atoms with E-state index in [4.69, 9.17) is 4.98 Å². The van der Waals surface area contributed by atoms with Crippen LogP contribution in [0.5, 0.6) is 0 Å². The molecule has 2 aliphatic rings. The standard InChI is InChI=1S/C19H23N7O/c1-24(2)19-20-8-12(9-21-19)10-25-6-5-15-14(11-25)18(27)26-17(22-15)7-16(23-26)13-3-4-13/h7-9,13,23H,3-6,10-11H2,1-2H3. The summed E-state index contributed by atoms with van der Waals surface area (Å²) in [6.45, 7) is 2.22. The molecule has 1 saturated carbocycles. The Kier molecular flexibility index (Phi) is 3.75. The zero-order valence-corrected chi connectivity index (χ0v) is 15.6. The summed E-state index contributed by atoms with van der Waals surface area (Å²) >= 11 is 0. The van der Waals surface area contributed by atoms with E-state index in [1.54, 1.807) is 4.52 Å². The second-order valence-electron chi connectivity index (χ2n) is 7.77. The molecular weight excluding hydrogens is 342 g/mol. The first-order valence-corrected chi connectivity index (χ1v) is 9.42. The first-order chi connectivity index (χ1) is 13.1. The molecule has 1 N–H and O–H groups in total. The molecule has 0 bridgehead atoms. The summed E-state index contributed by atoms with van der Waals surface area (Å²) in [4.78, 5) is 30.6. The summed E-state index contributed by atoms with van der Waals surface area (Å²) in [5, 5.41) is 3.26. The molecule has 0 radical (unpaired) electrons. The van der Waals surface area contributed by atoms with Gasteiger partial charge in [-0.05, 0) is 12.8 Å². The van der Waals surface area contributed by atoms with Crippen LogP contribution in [0.2, 0.25) is 0 Å². The van der Waals surface area contributed by atoms with E-state index < -0.39 is 0 Å². The summed E-state index contributed by atoms with van der Waals surface area (Å²) in [5.41, 5.74) is 4.71. The number of aromatic nitrogens is 5. The van der Waals surface area contributed by atoms with Crippen LogP contribution in [0.15, 0.2) is 23.3 Å². The van der Waals surface area contributed by atoms with Gasteiger partial charge in [-0.3, -0.25) is 14.8 Å². The van der Waals surface area contributed by atoms with Crippen molar-refractivity contribution < 1.29 is 0 Å². The molecular formula is C19H23N7O. The normalized spacial score (nSPS) is 17.3. The third-order valence-corrected chi connectivity index (χ3v) is 5.38. The molecule has 0 saturated heterocycles. The van der Waals surface area contributed by atoms with Crippen molar-refractivity contribution >= 4 is 11.6 Å². The van der Waals surface area contributed by atoms with E-state index in [0.717, 1.165) is 47.7 Å². The van der Waals surface area contributed by atoms with Gasteiger partial charge in [-0.2, -0.15) is 0 Å². The fourth-order valence-electron chi connectivity index (χ4n) is 3.71. The van der Waals surface area contributed by atoms with Crippen LogP contribution in [-0.4, -0.2) is 50.1 Å². The lowest BCUT2D eigenvalue weighted by Gasteiger charge is -2.27. The van der Waals surface area contributed by atoms with E-state index in [9.17, 15) is 4.79 Å². The van der Waals surface area contributed by atoms with Gasteiger partial charge in [0.2, 0.25) is 5.95 Å². The van der Waals surface area contributed by atoms with Gasteiger partial charge in [-0.15, -0.1) is 0 Å². The lowest BCUT2D eigenvalue weighted by Crippen LogP contribution is -2.36. The molecule has 1 aliphatic heterocycles. The van der Waals surface area contributed by atoms with Gasteiger partial charge in [0.05, 0.1) is 11.3 Å². The number of H-pyrrole nitrogens is 1. The summed E-state index contributed by atoms with van der Waals surface area (Å²) in [5.74, 6) is 1.27. The van der Waals surface area contributed by atoms with E-state index in [1.807, 2.05) is 37.5 Å². The Morgan fingerprint density at radius 1 is 1.26 bits per heavy atom. The van der Waals surface area contributed by atoms with Crippen molar-refractivity contribution in [3.8, 4) is 0 Å². The minimum atomic E-state index is 0.0332. The van der Waals surface area contributed by atoms with Crippen LogP contribution >= 0.6 is 0 Å². The average Bonchev–Trinajstić information content (AvgIpc) is 3.43. The number of aromatic amines is 1. The highest BCUT2D eigenvalue weighted by molar-refractivity contribution is 5.44. The molecule has 8 nitrogen and oxygen atoms in total. The summed E-state index contributed by atoms with van der Waals surface area (Å²) in [6, 6.07) is 2.04. The number of nitrogens with zero attached hydrogens (tertiary/aromatic N) is 6. The Bertz CT molecular complexity index is 1050. The highest BCUT2D eigenvalue weighted by atomic mass is 16.1. The van der Waals surface area contributed by atoms with Crippen LogP contribution in [0.25, 0.3) is 5.65 Å². The maximum absolute atomic E-state index is 13.0. The summed E-state index contributed by atoms with van der Waals surface area (Å²) < 4.78 is 1.62. The number of rotatable bonds is 4. The maximum atomic E-state index is 13.0. The first-order valence-electron chi connectivity index (χ1n) is 9.42. The highest BCUT2D eigenvalue weighted by Crippen LogP contribution is 2.39. The fraction of sp³-hybridized carbons (Fsp3) is 0.474. The smallest absolute Gasteiger partial charge is 0.277 e. The zero-order chi connectivity index (χ0) is 18.5. The molecule has 5 rings (SSSR count). The van der Waals surface area contributed by atoms with E-state index >= 15 is 0 Å². The molecule has 140 valence electrons. The van der Waals surface area contributed by atoms with Crippen LogP contribution in [0.4, 0.5) is 5.95 Å². The van der Waals surface area contributed by atoms with Crippen molar-refractivity contribution in [2.24, 2.45) is 0 Å². The van der Waals surface area contributed by atoms with Crippen LogP contribution in [-0.2, 0) is 19.5 Å². The third kappa shape index (κ3) is 2.99. The SMILES string of the molecule is CN(C)c1ncc(CN2CCc3nc4cc(C5CC5)[nH]n4c(=O)c3C2)cn1. The van der Waals surface area contributed by atoms with Crippen LogP contribution in [0.3, 0.4) is 0 Å². The van der Waals surface area contributed by atoms with Crippen molar-refractivity contribution in [1.29, 1.82) is 0 Å². The first kappa shape index (κ1) is 16.4. The van der Waals surface area contributed by atoms with Gasteiger partial charge >= 0.3 is 0 Å². The number of anilines is 1. The minimum Gasteiger partial charge on any atom is -0.347 e. The fourth-order valence-corrected chi connectivity index (χ4v) is 3.71. The monoisotopic (exact) mass is 365 g/mol. The molecule has 0 unspecified atom stereocenters. The van der Waals surface area contributed by atoms with E-state index in [0.29, 0.717) is 18.4 Å². The van der Waals surface area contributed by atoms with Gasteiger partial charge in [0.1, 0.15) is 0 Å². The van der Waals surface area contributed by atoms with Gasteiger partial charge in [0.25, 0.3) is 5.56 Å². The quantitative estimate of drug-likeness (QED) is 0.751. The van der Waals surface area contributed by atoms with Crippen LogP contribution in [0, 0.1) is 0 Å². The summed E-state index contributed by atoms with van der Waals surface area (Å²) in [7, 11) is 3.85. The van der Waals surface area contributed by atoms with Crippen LogP contribution in [0.1, 0.15) is 41.3 Å². The summed E-state index contributed by atoms with van der Waals surface area (Å²) in [6.07, 6.45) is 6.91. The lowest BCUT2D eigenvalue weighted by molar-refractivity contribution is 0.241. The Morgan fingerprint density at radius 2 is 2.04 bits per heavy atom. The van der Waals surface area contributed by atoms with Gasteiger partial charge in [0, 0.05) is 75.8 Å². The largest absolute Gasteiger partial charge is 0.347 e. The van der Waals surface area contributed by atoms with Gasteiger partial charge < -0.3 is 4.90 Å². The van der Waals surface area contributed by atoms with E-state index in [1.165, 1.54) is 12.8 Å². The van der Waals surface area contributed by atoms with Crippen molar-refractivity contribution in [2.45, 2.75) is 38.3 Å². The minimum absolute atomic E-state index is 0.0332. The number of hydrogen-bond donors (Lipinski definition) is 1. The van der Waals surface area contributed by atoms with Crippen LogP contribution < -0.4 is 10.5 Å². The maximum Gasteiger partial charge on any atom is 0.277 e. The molecule has 8 heteroatoms. The second-order valence-corrected chi connectivity index (χ2v) is 7.77. The van der Waals surface area contributed by atoms with Crippen molar-refractivity contribution in [2.75, 3.05) is 25.5 Å². The van der Waals surface area contributed by atoms with Gasteiger partial charge in [-0.25, -0.2) is 19.5 Å². The molecule has 0 spiro atoms. The van der Waals surface area contributed by atoms with E-state index in [-0.39, 0.29) is 5.56 Å². The molecule has 0 aromatic carbocycles. The molecule has 1 aliphatic carbocycles. The molecule has 4 heterocycles. The van der Waals surface area contributed by atoms with Gasteiger partial charge in [-0.1, -0.05) is 0 Å². The number of nitrogens with one attached hydrogen (secondary N) is 1. The van der Waals surface area contributed by atoms with Gasteiger partial charge in [0.15, 0.2) is 5.65 Å². The molecule has 1 fully saturated rings. The lowest BCUT2D eigenvalue weighted by atomic mass is 10.1. The molecule has 27 heavy (non-hydrogen) atoms. The molecule has 0 atom stereocenters. The van der Waals surface area contributed by atoms with E-state index in [2.05, 4.69) is 20.0 Å². The average molecular weight is 365 g/mol. The molecule has 3 aromatic rings. The molecule has 3 aromatic heterocycles. The number of hydrogen-bond acceptors (Lipinski definition) is 6. The molecule has 0 amide bonds. The Labute approximate surface area is 156 Å². The Morgan fingerprint density at radius 3 is 2.74 bits per heavy atom. The Balaban J connectivity index is 1.40. The van der Waals surface area contributed by atoms with Crippen molar-refractivity contribution in [1.82, 2.24) is 29.5 Å².